The number of benzene rings is 1. The second-order valence-electron chi connectivity index (χ2n) is 4.23. The maximum absolute atomic E-state index is 5.80. The Kier molecular flexibility index (Phi) is 3.95. The second kappa shape index (κ2) is 6.03. The summed E-state index contributed by atoms with van der Waals surface area (Å²) in [7, 11) is 0. The molecule has 0 fully saturated rings. The van der Waals surface area contributed by atoms with Crippen LogP contribution in [-0.4, -0.2) is 9.97 Å². The van der Waals surface area contributed by atoms with Gasteiger partial charge in [0, 0.05) is 28.5 Å². The molecule has 20 heavy (non-hydrogen) atoms. The lowest BCUT2D eigenvalue weighted by atomic mass is 10.1. The smallest absolute Gasteiger partial charge is 0.183 e. The summed E-state index contributed by atoms with van der Waals surface area (Å²) in [6, 6.07) is 14.1. The van der Waals surface area contributed by atoms with Crippen molar-refractivity contribution in [1.82, 2.24) is 9.97 Å². The van der Waals surface area contributed by atoms with Gasteiger partial charge in [-0.05, 0) is 24.3 Å². The quantitative estimate of drug-likeness (QED) is 0.772. The molecule has 0 radical (unpaired) electrons. The number of rotatable bonds is 4. The van der Waals surface area contributed by atoms with Crippen LogP contribution in [0.1, 0.15) is 4.88 Å². The van der Waals surface area contributed by atoms with E-state index in [2.05, 4.69) is 27.4 Å². The molecule has 1 aromatic carbocycles. The van der Waals surface area contributed by atoms with Crippen LogP contribution in [0.15, 0.2) is 54.9 Å². The Labute approximate surface area is 126 Å². The average Bonchev–Trinajstić information content (AvgIpc) is 2.92. The molecule has 1 N–H and O–H groups in total. The Hall–Kier alpha value is -1.91. The highest BCUT2D eigenvalue weighted by atomic mass is 35.5. The highest BCUT2D eigenvalue weighted by Gasteiger charge is 2.01. The van der Waals surface area contributed by atoms with Gasteiger partial charge in [-0.3, -0.25) is 4.98 Å². The monoisotopic (exact) mass is 301 g/mol. The van der Waals surface area contributed by atoms with E-state index in [-0.39, 0.29) is 0 Å². The number of nitrogens with one attached hydrogen (secondary N) is 1. The van der Waals surface area contributed by atoms with Crippen molar-refractivity contribution in [2.45, 2.75) is 6.54 Å². The first-order valence-corrected chi connectivity index (χ1v) is 7.36. The molecule has 0 unspecified atom stereocenters. The molecular weight excluding hydrogens is 290 g/mol. The van der Waals surface area contributed by atoms with E-state index < -0.39 is 0 Å². The third-order valence-electron chi connectivity index (χ3n) is 2.84. The maximum atomic E-state index is 5.80. The maximum Gasteiger partial charge on any atom is 0.183 e. The molecule has 0 aliphatic rings. The Balaban J connectivity index is 1.67. The van der Waals surface area contributed by atoms with Crippen molar-refractivity contribution in [1.29, 1.82) is 0 Å². The predicted octanol–water partition coefficient (Wildman–Crippen LogP) is 4.47. The van der Waals surface area contributed by atoms with Gasteiger partial charge in [-0.1, -0.05) is 29.8 Å². The van der Waals surface area contributed by atoms with Gasteiger partial charge in [-0.2, -0.15) is 0 Å². The number of hydrogen-bond donors (Lipinski definition) is 1. The van der Waals surface area contributed by atoms with Crippen molar-refractivity contribution in [2.75, 3.05) is 5.32 Å². The SMILES string of the molecule is Clc1ncc(CNc2ccc(-c3ccccn3)cc2)s1. The molecule has 2 heterocycles. The topological polar surface area (TPSA) is 37.8 Å². The standard InChI is InChI=1S/C15H12ClN3S/c16-15-19-10-13(20-15)9-18-12-6-4-11(5-7-12)14-3-1-2-8-17-14/h1-8,10,18H,9H2. The third-order valence-corrected chi connectivity index (χ3v) is 3.95. The first kappa shape index (κ1) is 13.1. The molecule has 2 aromatic heterocycles. The molecule has 0 aliphatic heterocycles. The van der Waals surface area contributed by atoms with E-state index in [9.17, 15) is 0 Å². The molecule has 3 rings (SSSR count). The Bertz CT molecular complexity index is 680. The van der Waals surface area contributed by atoms with Crippen LogP contribution in [0, 0.1) is 0 Å². The van der Waals surface area contributed by atoms with Crippen LogP contribution in [0.25, 0.3) is 11.3 Å². The van der Waals surface area contributed by atoms with Crippen LogP contribution in [-0.2, 0) is 6.54 Å². The molecule has 0 saturated carbocycles. The first-order valence-electron chi connectivity index (χ1n) is 6.17. The zero-order valence-electron chi connectivity index (χ0n) is 10.6. The zero-order valence-corrected chi connectivity index (χ0v) is 12.2. The van der Waals surface area contributed by atoms with E-state index in [1.165, 1.54) is 11.3 Å². The lowest BCUT2D eigenvalue weighted by molar-refractivity contribution is 1.17. The summed E-state index contributed by atoms with van der Waals surface area (Å²) in [6.45, 7) is 0.729. The summed E-state index contributed by atoms with van der Waals surface area (Å²) in [5.41, 5.74) is 3.15. The molecule has 0 bridgehead atoms. The number of hydrogen-bond acceptors (Lipinski definition) is 4. The average molecular weight is 302 g/mol. The molecule has 0 atom stereocenters. The predicted molar refractivity (Wildman–Crippen MR) is 84.1 cm³/mol. The Morgan fingerprint density at radius 1 is 1.05 bits per heavy atom. The van der Waals surface area contributed by atoms with Crippen molar-refractivity contribution in [3.05, 3.63) is 64.2 Å². The number of pyridine rings is 1. The molecule has 3 nitrogen and oxygen atoms in total. The fraction of sp³-hybridized carbons (Fsp3) is 0.0667. The van der Waals surface area contributed by atoms with Crippen LogP contribution >= 0.6 is 22.9 Å². The van der Waals surface area contributed by atoms with Gasteiger partial charge in [0.25, 0.3) is 0 Å². The highest BCUT2D eigenvalue weighted by molar-refractivity contribution is 7.15. The molecule has 0 saturated heterocycles. The minimum absolute atomic E-state index is 0.576. The minimum Gasteiger partial charge on any atom is -0.380 e. The fourth-order valence-electron chi connectivity index (χ4n) is 1.85. The molecule has 3 aromatic rings. The first-order chi connectivity index (χ1) is 9.81. The van der Waals surface area contributed by atoms with Crippen LogP contribution in [0.5, 0.6) is 0 Å². The van der Waals surface area contributed by atoms with Crippen LogP contribution in [0.4, 0.5) is 5.69 Å². The Morgan fingerprint density at radius 3 is 2.55 bits per heavy atom. The summed E-state index contributed by atoms with van der Waals surface area (Å²) in [6.07, 6.45) is 3.59. The lowest BCUT2D eigenvalue weighted by Gasteiger charge is -2.06. The second-order valence-corrected chi connectivity index (χ2v) is 5.92. The number of aromatic nitrogens is 2. The van der Waals surface area contributed by atoms with Crippen molar-refractivity contribution < 1.29 is 0 Å². The fourth-order valence-corrected chi connectivity index (χ4v) is 2.76. The molecule has 0 aliphatic carbocycles. The molecular formula is C15H12ClN3S. The molecule has 0 amide bonds. The van der Waals surface area contributed by atoms with Gasteiger partial charge in [-0.15, -0.1) is 11.3 Å². The Morgan fingerprint density at radius 2 is 1.90 bits per heavy atom. The van der Waals surface area contributed by atoms with Gasteiger partial charge in [0.2, 0.25) is 0 Å². The van der Waals surface area contributed by atoms with E-state index in [4.69, 9.17) is 11.6 Å². The molecule has 5 heteroatoms. The van der Waals surface area contributed by atoms with E-state index in [0.717, 1.165) is 28.4 Å². The van der Waals surface area contributed by atoms with Crippen molar-refractivity contribution in [3.8, 4) is 11.3 Å². The summed E-state index contributed by atoms with van der Waals surface area (Å²) in [5, 5.41) is 3.34. The van der Waals surface area contributed by atoms with Crippen molar-refractivity contribution in [2.24, 2.45) is 0 Å². The number of halogens is 1. The summed E-state index contributed by atoms with van der Waals surface area (Å²) >= 11 is 7.29. The van der Waals surface area contributed by atoms with E-state index in [1.54, 1.807) is 12.4 Å². The van der Waals surface area contributed by atoms with E-state index in [0.29, 0.717) is 4.47 Å². The summed E-state index contributed by atoms with van der Waals surface area (Å²) in [5.74, 6) is 0. The van der Waals surface area contributed by atoms with Crippen molar-refractivity contribution >= 4 is 28.6 Å². The molecule has 100 valence electrons. The third kappa shape index (κ3) is 3.15. The minimum atomic E-state index is 0.576. The van der Waals surface area contributed by atoms with Crippen molar-refractivity contribution in [3.63, 3.8) is 0 Å². The van der Waals surface area contributed by atoms with Crippen LogP contribution < -0.4 is 5.32 Å². The highest BCUT2D eigenvalue weighted by Crippen LogP contribution is 2.21. The van der Waals surface area contributed by atoms with Crippen LogP contribution in [0.2, 0.25) is 4.47 Å². The number of anilines is 1. The van der Waals surface area contributed by atoms with Gasteiger partial charge < -0.3 is 5.32 Å². The summed E-state index contributed by atoms with van der Waals surface area (Å²) in [4.78, 5) is 9.47. The number of nitrogens with zero attached hydrogens (tertiary/aromatic N) is 2. The summed E-state index contributed by atoms with van der Waals surface area (Å²) < 4.78 is 0.576. The van der Waals surface area contributed by atoms with Gasteiger partial charge >= 0.3 is 0 Å². The lowest BCUT2D eigenvalue weighted by Crippen LogP contribution is -1.97. The number of thiazole rings is 1. The zero-order chi connectivity index (χ0) is 13.8. The van der Waals surface area contributed by atoms with E-state index in [1.807, 2.05) is 30.3 Å². The normalized spacial score (nSPS) is 10.4. The van der Waals surface area contributed by atoms with Gasteiger partial charge in [0.1, 0.15) is 0 Å². The molecule has 0 spiro atoms. The van der Waals surface area contributed by atoms with E-state index >= 15 is 0 Å². The van der Waals surface area contributed by atoms with Gasteiger partial charge in [-0.25, -0.2) is 4.98 Å². The van der Waals surface area contributed by atoms with Gasteiger partial charge in [0.05, 0.1) is 12.2 Å². The van der Waals surface area contributed by atoms with Crippen LogP contribution in [0.3, 0.4) is 0 Å². The largest absolute Gasteiger partial charge is 0.380 e. The van der Waals surface area contributed by atoms with Gasteiger partial charge in [0.15, 0.2) is 4.47 Å².